The lowest BCUT2D eigenvalue weighted by molar-refractivity contribution is -0.122. The summed E-state index contributed by atoms with van der Waals surface area (Å²) in [6.45, 7) is 5.25. The first-order valence-corrected chi connectivity index (χ1v) is 5.89. The van der Waals surface area contributed by atoms with Crippen molar-refractivity contribution in [3.63, 3.8) is 0 Å². The highest BCUT2D eigenvalue weighted by atomic mass is 32.2. The molecule has 0 spiro atoms. The van der Waals surface area contributed by atoms with Gasteiger partial charge in [-0.25, -0.2) is 4.79 Å². The van der Waals surface area contributed by atoms with Gasteiger partial charge in [-0.05, 0) is 20.8 Å². The molecule has 1 rings (SSSR count). The summed E-state index contributed by atoms with van der Waals surface area (Å²) in [4.78, 5) is 22.7. The van der Waals surface area contributed by atoms with Crippen LogP contribution in [-0.4, -0.2) is 35.3 Å². The van der Waals surface area contributed by atoms with Gasteiger partial charge < -0.3 is 4.74 Å². The summed E-state index contributed by atoms with van der Waals surface area (Å²) in [6, 6.07) is -0.289. The van der Waals surface area contributed by atoms with Gasteiger partial charge in [0, 0.05) is 11.6 Å². The third-order valence-electron chi connectivity index (χ3n) is 1.66. The number of nitrogens with one attached hydrogen (secondary N) is 2. The molecule has 1 fully saturated rings. The van der Waals surface area contributed by atoms with Crippen LogP contribution in [0.5, 0.6) is 0 Å². The maximum atomic E-state index is 11.5. The molecule has 1 saturated heterocycles. The Kier molecular flexibility index (Phi) is 3.98. The van der Waals surface area contributed by atoms with Crippen LogP contribution >= 0.6 is 11.8 Å². The first-order chi connectivity index (χ1) is 6.88. The molecule has 2 N–H and O–H groups in total. The van der Waals surface area contributed by atoms with E-state index < -0.39 is 11.7 Å². The average molecular weight is 232 g/mol. The lowest BCUT2D eigenvalue weighted by Gasteiger charge is -2.19. The second kappa shape index (κ2) is 4.85. The van der Waals surface area contributed by atoms with Crippen molar-refractivity contribution in [1.82, 2.24) is 10.6 Å². The molecule has 5 nitrogen and oxygen atoms in total. The molecule has 1 aliphatic heterocycles. The average Bonchev–Trinajstić information content (AvgIpc) is 2.50. The number of hydrogen-bond donors (Lipinski definition) is 2. The molecule has 0 aromatic heterocycles. The van der Waals surface area contributed by atoms with Crippen molar-refractivity contribution in [3.8, 4) is 0 Å². The fraction of sp³-hybridized carbons (Fsp3) is 0.778. The molecule has 0 saturated carbocycles. The number of amides is 2. The van der Waals surface area contributed by atoms with Crippen LogP contribution in [0.15, 0.2) is 0 Å². The topological polar surface area (TPSA) is 67.4 Å². The monoisotopic (exact) mass is 232 g/mol. The molecule has 2 amide bonds. The highest BCUT2D eigenvalue weighted by molar-refractivity contribution is 7.99. The largest absolute Gasteiger partial charge is 0.444 e. The van der Waals surface area contributed by atoms with E-state index in [1.165, 1.54) is 0 Å². The lowest BCUT2D eigenvalue weighted by atomic mass is 10.2. The van der Waals surface area contributed by atoms with Crippen LogP contribution in [0.1, 0.15) is 20.8 Å². The smallest absolute Gasteiger partial charge is 0.414 e. The van der Waals surface area contributed by atoms with Crippen LogP contribution in [0.2, 0.25) is 0 Å². The Morgan fingerprint density at radius 1 is 1.47 bits per heavy atom. The summed E-state index contributed by atoms with van der Waals surface area (Å²) in [7, 11) is 0. The van der Waals surface area contributed by atoms with Crippen molar-refractivity contribution >= 4 is 23.8 Å². The molecule has 15 heavy (non-hydrogen) atoms. The standard InChI is InChI=1S/C9H16N2O3S/c1-9(2,3)14-8(13)11-7(12)6-4-15-5-10-6/h6,10H,4-5H2,1-3H3,(H,11,12,13). The SMILES string of the molecule is CC(C)(C)OC(=O)NC(=O)C1CSCN1. The fourth-order valence-corrected chi connectivity index (χ4v) is 2.00. The number of imide groups is 1. The van der Waals surface area contributed by atoms with Crippen LogP contribution in [0.4, 0.5) is 4.79 Å². The molecule has 1 unspecified atom stereocenters. The van der Waals surface area contributed by atoms with Crippen molar-refractivity contribution in [2.24, 2.45) is 0 Å². The second-order valence-corrected chi connectivity index (χ2v) is 5.29. The molecule has 0 radical (unpaired) electrons. The maximum Gasteiger partial charge on any atom is 0.414 e. The Bertz CT molecular complexity index is 257. The first kappa shape index (κ1) is 12.3. The number of hydrogen-bond acceptors (Lipinski definition) is 5. The number of rotatable bonds is 1. The molecule has 1 atom stereocenters. The Labute approximate surface area is 93.3 Å². The summed E-state index contributed by atoms with van der Waals surface area (Å²) >= 11 is 1.63. The van der Waals surface area contributed by atoms with E-state index in [1.54, 1.807) is 32.5 Å². The van der Waals surface area contributed by atoms with E-state index in [-0.39, 0.29) is 11.9 Å². The second-order valence-electron chi connectivity index (χ2n) is 4.26. The normalized spacial score (nSPS) is 21.1. The molecule has 6 heteroatoms. The summed E-state index contributed by atoms with van der Waals surface area (Å²) in [5.41, 5.74) is -0.581. The zero-order valence-corrected chi connectivity index (χ0v) is 9.94. The third-order valence-corrected chi connectivity index (χ3v) is 2.60. The molecular weight excluding hydrogens is 216 g/mol. The highest BCUT2D eigenvalue weighted by Crippen LogP contribution is 2.10. The first-order valence-electron chi connectivity index (χ1n) is 4.73. The summed E-state index contributed by atoms with van der Waals surface area (Å²) in [5.74, 6) is 1.11. The van der Waals surface area contributed by atoms with Gasteiger partial charge >= 0.3 is 6.09 Å². The predicted molar refractivity (Wildman–Crippen MR) is 58.6 cm³/mol. The molecule has 86 valence electrons. The minimum Gasteiger partial charge on any atom is -0.444 e. The van der Waals surface area contributed by atoms with Crippen LogP contribution in [-0.2, 0) is 9.53 Å². The van der Waals surface area contributed by atoms with Crippen LogP contribution in [0.25, 0.3) is 0 Å². The van der Waals surface area contributed by atoms with Gasteiger partial charge in [0.1, 0.15) is 5.60 Å². The number of carbonyl (C=O) groups is 2. The fourth-order valence-electron chi connectivity index (χ4n) is 1.05. The van der Waals surface area contributed by atoms with Gasteiger partial charge in [0.25, 0.3) is 0 Å². The molecular formula is C9H16N2O3S. The molecule has 1 heterocycles. The molecule has 0 aromatic carbocycles. The van der Waals surface area contributed by atoms with Gasteiger partial charge in [-0.2, -0.15) is 0 Å². The summed E-state index contributed by atoms with van der Waals surface area (Å²) in [6.07, 6.45) is -0.689. The number of thioether (sulfide) groups is 1. The molecule has 0 bridgehead atoms. The summed E-state index contributed by atoms with van der Waals surface area (Å²) < 4.78 is 4.96. The van der Waals surface area contributed by atoms with E-state index >= 15 is 0 Å². The molecule has 0 aliphatic carbocycles. The van der Waals surface area contributed by atoms with Crippen LogP contribution in [0, 0.1) is 0 Å². The quantitative estimate of drug-likeness (QED) is 0.696. The molecule has 0 aromatic rings. The highest BCUT2D eigenvalue weighted by Gasteiger charge is 2.25. The van der Waals surface area contributed by atoms with Crippen LogP contribution in [0.3, 0.4) is 0 Å². The van der Waals surface area contributed by atoms with Crippen molar-refractivity contribution in [3.05, 3.63) is 0 Å². The van der Waals surface area contributed by atoms with Gasteiger partial charge in [0.15, 0.2) is 0 Å². The van der Waals surface area contributed by atoms with E-state index in [4.69, 9.17) is 4.74 Å². The van der Waals surface area contributed by atoms with Crippen LogP contribution < -0.4 is 10.6 Å². The minimum atomic E-state index is -0.689. The lowest BCUT2D eigenvalue weighted by Crippen LogP contribution is -2.46. The molecule has 1 aliphatic rings. The van der Waals surface area contributed by atoms with E-state index in [9.17, 15) is 9.59 Å². The Morgan fingerprint density at radius 3 is 2.60 bits per heavy atom. The van der Waals surface area contributed by atoms with Crippen molar-refractivity contribution in [1.29, 1.82) is 0 Å². The Hall–Kier alpha value is -0.750. The van der Waals surface area contributed by atoms with Crippen molar-refractivity contribution in [2.45, 2.75) is 32.4 Å². The van der Waals surface area contributed by atoms with E-state index in [2.05, 4.69) is 10.6 Å². The van der Waals surface area contributed by atoms with Gasteiger partial charge in [0.05, 0.1) is 6.04 Å². The van der Waals surface area contributed by atoms with Crippen molar-refractivity contribution < 1.29 is 14.3 Å². The van der Waals surface area contributed by atoms with Gasteiger partial charge in [-0.15, -0.1) is 11.8 Å². The third kappa shape index (κ3) is 4.53. The van der Waals surface area contributed by atoms with Crippen molar-refractivity contribution in [2.75, 3.05) is 11.6 Å². The van der Waals surface area contributed by atoms with E-state index in [0.29, 0.717) is 5.75 Å². The van der Waals surface area contributed by atoms with Gasteiger partial charge in [-0.3, -0.25) is 15.4 Å². The number of ether oxygens (including phenoxy) is 1. The Morgan fingerprint density at radius 2 is 2.13 bits per heavy atom. The van der Waals surface area contributed by atoms with Gasteiger partial charge in [-0.1, -0.05) is 0 Å². The zero-order chi connectivity index (χ0) is 11.5. The predicted octanol–water partition coefficient (Wildman–Crippen LogP) is 0.700. The number of alkyl carbamates (subject to hydrolysis) is 1. The van der Waals surface area contributed by atoms with E-state index in [1.807, 2.05) is 0 Å². The number of carbonyl (C=O) groups excluding carboxylic acids is 2. The summed E-state index contributed by atoms with van der Waals surface area (Å²) in [5, 5.41) is 5.17. The van der Waals surface area contributed by atoms with Gasteiger partial charge in [0.2, 0.25) is 5.91 Å². The zero-order valence-electron chi connectivity index (χ0n) is 9.12. The van der Waals surface area contributed by atoms with E-state index in [0.717, 1.165) is 5.88 Å². The minimum absolute atomic E-state index is 0.289. The maximum absolute atomic E-state index is 11.5. The Balaban J connectivity index is 2.34.